The van der Waals surface area contributed by atoms with Crippen LogP contribution in [0.5, 0.6) is 0 Å². The van der Waals surface area contributed by atoms with Gasteiger partial charge in [-0.2, -0.15) is 13.2 Å². The van der Waals surface area contributed by atoms with Gasteiger partial charge in [0.05, 0.1) is 11.7 Å². The van der Waals surface area contributed by atoms with Crippen molar-refractivity contribution in [3.8, 4) is 0 Å². The second-order valence-electron chi connectivity index (χ2n) is 9.60. The van der Waals surface area contributed by atoms with Crippen molar-refractivity contribution in [2.75, 3.05) is 0 Å². The Bertz CT molecular complexity index is 609. The number of aliphatic hydroxyl groups is 1. The van der Waals surface area contributed by atoms with Crippen LogP contribution in [-0.2, 0) is 14.3 Å². The van der Waals surface area contributed by atoms with Crippen LogP contribution in [0.3, 0.4) is 0 Å². The smallest absolute Gasteiger partial charge is 0.419 e. The fourth-order valence-electron chi connectivity index (χ4n) is 4.93. The molecule has 0 saturated heterocycles. The van der Waals surface area contributed by atoms with Gasteiger partial charge in [0.15, 0.2) is 5.60 Å². The van der Waals surface area contributed by atoms with E-state index in [1.54, 1.807) is 34.6 Å². The number of ether oxygens (including phenoxy) is 2. The van der Waals surface area contributed by atoms with E-state index < -0.39 is 35.4 Å². The summed E-state index contributed by atoms with van der Waals surface area (Å²) in [7, 11) is 0. The van der Waals surface area contributed by atoms with Crippen molar-refractivity contribution >= 4 is 5.97 Å². The topological polar surface area (TPSA) is 55.8 Å². The molecule has 0 aliphatic heterocycles. The van der Waals surface area contributed by atoms with Crippen LogP contribution >= 0.6 is 0 Å². The zero-order chi connectivity index (χ0) is 21.7. The molecule has 0 amide bonds. The molecule has 162 valence electrons. The van der Waals surface area contributed by atoms with Crippen LogP contribution in [0.15, 0.2) is 12.2 Å². The molecule has 2 aliphatic rings. The van der Waals surface area contributed by atoms with E-state index in [4.69, 9.17) is 9.47 Å². The number of halogens is 3. The molecule has 2 aliphatic carbocycles. The molecule has 6 atom stereocenters. The van der Waals surface area contributed by atoms with E-state index >= 15 is 0 Å². The van der Waals surface area contributed by atoms with Crippen LogP contribution in [0.4, 0.5) is 13.2 Å². The molecule has 0 radical (unpaired) electrons. The molecule has 2 bridgehead atoms. The first-order valence-corrected chi connectivity index (χ1v) is 9.91. The summed E-state index contributed by atoms with van der Waals surface area (Å²) >= 11 is 0. The molecular weight excluding hydrogens is 373 g/mol. The molecule has 0 aromatic rings. The van der Waals surface area contributed by atoms with Crippen LogP contribution in [0, 0.1) is 23.7 Å². The first kappa shape index (κ1) is 23.2. The fourth-order valence-corrected chi connectivity index (χ4v) is 4.93. The number of esters is 1. The van der Waals surface area contributed by atoms with Crippen molar-refractivity contribution in [2.24, 2.45) is 23.7 Å². The van der Waals surface area contributed by atoms with Gasteiger partial charge in [-0.05, 0) is 64.7 Å². The van der Waals surface area contributed by atoms with Gasteiger partial charge in [-0.3, -0.25) is 0 Å². The molecule has 0 aromatic carbocycles. The lowest BCUT2D eigenvalue weighted by Crippen LogP contribution is -2.58. The van der Waals surface area contributed by atoms with E-state index in [-0.39, 0.29) is 17.9 Å². The third kappa shape index (κ3) is 4.40. The summed E-state index contributed by atoms with van der Waals surface area (Å²) in [6.45, 7) is 12.7. The van der Waals surface area contributed by atoms with E-state index in [2.05, 4.69) is 6.58 Å². The van der Waals surface area contributed by atoms with Crippen molar-refractivity contribution in [1.29, 1.82) is 0 Å². The second-order valence-corrected chi connectivity index (χ2v) is 9.60. The number of carbonyl (C=O) groups excluding carboxylic acids is 1. The molecule has 7 heteroatoms. The maximum absolute atomic E-state index is 13.4. The molecule has 4 nitrogen and oxygen atoms in total. The fraction of sp³-hybridized carbons (Fsp3) is 0.857. The number of hydrogen-bond acceptors (Lipinski definition) is 4. The lowest BCUT2D eigenvalue weighted by Gasteiger charge is -2.46. The van der Waals surface area contributed by atoms with Crippen LogP contribution in [-0.4, -0.2) is 40.7 Å². The largest absolute Gasteiger partial charge is 0.459 e. The van der Waals surface area contributed by atoms with E-state index in [1.807, 2.05) is 0 Å². The van der Waals surface area contributed by atoms with Crippen molar-refractivity contribution in [1.82, 2.24) is 0 Å². The van der Waals surface area contributed by atoms with Crippen molar-refractivity contribution in [2.45, 2.75) is 90.4 Å². The molecule has 28 heavy (non-hydrogen) atoms. The third-order valence-electron chi connectivity index (χ3n) is 6.42. The highest BCUT2D eigenvalue weighted by Crippen LogP contribution is 2.55. The normalized spacial score (nSPS) is 31.0. The Balaban J connectivity index is 2.19. The van der Waals surface area contributed by atoms with Gasteiger partial charge in [-0.25, -0.2) is 4.79 Å². The first-order valence-electron chi connectivity index (χ1n) is 9.91. The number of rotatable bonds is 7. The molecule has 0 heterocycles. The number of hydrogen-bond donors (Lipinski definition) is 1. The van der Waals surface area contributed by atoms with Crippen molar-refractivity contribution in [3.63, 3.8) is 0 Å². The number of fused-ring (bicyclic) bond motifs is 2. The average Bonchev–Trinajstić information content (AvgIpc) is 3.11. The third-order valence-corrected chi connectivity index (χ3v) is 6.42. The molecule has 0 spiro atoms. The summed E-state index contributed by atoms with van der Waals surface area (Å²) in [6, 6.07) is 0. The Hall–Kier alpha value is -1.08. The summed E-state index contributed by atoms with van der Waals surface area (Å²) < 4.78 is 51.9. The highest BCUT2D eigenvalue weighted by Gasteiger charge is 2.59. The first-order chi connectivity index (χ1) is 12.6. The zero-order valence-electron chi connectivity index (χ0n) is 17.6. The minimum Gasteiger partial charge on any atom is -0.459 e. The van der Waals surface area contributed by atoms with Crippen molar-refractivity contribution < 1.29 is 32.5 Å². The Kier molecular flexibility index (Phi) is 6.33. The summed E-state index contributed by atoms with van der Waals surface area (Å²) in [5.41, 5.74) is -3.53. The lowest BCUT2D eigenvalue weighted by atomic mass is 9.76. The van der Waals surface area contributed by atoms with Gasteiger partial charge in [0, 0.05) is 11.5 Å². The summed E-state index contributed by atoms with van der Waals surface area (Å²) in [5.74, 6) is -0.630. The molecular formula is C21H33F3O4. The summed E-state index contributed by atoms with van der Waals surface area (Å²) in [6.07, 6.45) is -4.02. The molecule has 1 N–H and O–H groups in total. The lowest BCUT2D eigenvalue weighted by molar-refractivity contribution is -0.312. The van der Waals surface area contributed by atoms with Gasteiger partial charge < -0.3 is 14.6 Å². The van der Waals surface area contributed by atoms with Gasteiger partial charge in [-0.15, -0.1) is 0 Å². The molecule has 0 aromatic heterocycles. The van der Waals surface area contributed by atoms with E-state index in [9.17, 15) is 23.1 Å². The van der Waals surface area contributed by atoms with E-state index in [1.165, 1.54) is 0 Å². The predicted molar refractivity (Wildman–Crippen MR) is 99.5 cm³/mol. The van der Waals surface area contributed by atoms with Gasteiger partial charge in [-0.1, -0.05) is 20.4 Å². The minimum absolute atomic E-state index is 0.0342. The van der Waals surface area contributed by atoms with E-state index in [0.29, 0.717) is 11.5 Å². The molecule has 2 fully saturated rings. The second kappa shape index (κ2) is 7.63. The van der Waals surface area contributed by atoms with Gasteiger partial charge in [0.1, 0.15) is 6.10 Å². The molecule has 2 rings (SSSR count). The van der Waals surface area contributed by atoms with Crippen molar-refractivity contribution in [3.05, 3.63) is 12.2 Å². The highest BCUT2D eigenvalue weighted by atomic mass is 19.4. The summed E-state index contributed by atoms with van der Waals surface area (Å²) in [4.78, 5) is 11.9. The quantitative estimate of drug-likeness (QED) is 0.494. The molecule has 6 unspecified atom stereocenters. The van der Waals surface area contributed by atoms with Gasteiger partial charge in [0.2, 0.25) is 0 Å². The maximum atomic E-state index is 13.4. The van der Waals surface area contributed by atoms with Crippen LogP contribution < -0.4 is 0 Å². The maximum Gasteiger partial charge on any atom is 0.419 e. The minimum atomic E-state index is -4.80. The SMILES string of the molecule is C=C(C)C(=O)OC1CC2CC1C(C(C)(C)OC(C(C)C)C(C)(O)C(F)(F)F)C2. The highest BCUT2D eigenvalue weighted by molar-refractivity contribution is 5.87. The Morgan fingerprint density at radius 2 is 1.71 bits per heavy atom. The monoisotopic (exact) mass is 406 g/mol. The Labute approximate surface area is 165 Å². The average molecular weight is 406 g/mol. The van der Waals surface area contributed by atoms with E-state index in [0.717, 1.165) is 26.2 Å². The van der Waals surface area contributed by atoms with Gasteiger partial charge in [0.25, 0.3) is 0 Å². The Morgan fingerprint density at radius 1 is 1.14 bits per heavy atom. The van der Waals surface area contributed by atoms with Crippen LogP contribution in [0.25, 0.3) is 0 Å². The summed E-state index contributed by atoms with van der Waals surface area (Å²) in [5, 5.41) is 10.2. The number of carbonyl (C=O) groups is 1. The Morgan fingerprint density at radius 3 is 2.14 bits per heavy atom. The predicted octanol–water partition coefficient (Wildman–Crippen LogP) is 4.65. The van der Waals surface area contributed by atoms with Gasteiger partial charge >= 0.3 is 12.1 Å². The zero-order valence-corrected chi connectivity index (χ0v) is 17.6. The standard InChI is InChI=1S/C21H33F3O4/c1-11(2)17(20(7,26)21(22,23)24)28-19(5,6)15-9-13-8-14(15)16(10-13)27-18(25)12(3)4/h11,13-17,26H,3,8-10H2,1-2,4-7H3. The molecule has 2 saturated carbocycles. The van der Waals surface area contributed by atoms with Crippen LogP contribution in [0.1, 0.15) is 60.8 Å². The van der Waals surface area contributed by atoms with Crippen LogP contribution in [0.2, 0.25) is 0 Å². The number of alkyl halides is 3.